The summed E-state index contributed by atoms with van der Waals surface area (Å²) in [5, 5.41) is 21.3. The summed E-state index contributed by atoms with van der Waals surface area (Å²) in [5.74, 6) is -1.09. The number of rotatable bonds is 5. The molecule has 0 aliphatic rings. The van der Waals surface area contributed by atoms with Gasteiger partial charge in [0, 0.05) is 5.39 Å². The molecule has 4 rings (SSSR count). The van der Waals surface area contributed by atoms with E-state index in [1.807, 2.05) is 30.3 Å². The lowest BCUT2D eigenvalue weighted by molar-refractivity contribution is 0.0696. The molecule has 0 aliphatic carbocycles. The highest BCUT2D eigenvalue weighted by atomic mass is 19.1. The fraction of sp³-hybridized carbons (Fsp3) is 0.0385. The Balaban J connectivity index is 1.63. The van der Waals surface area contributed by atoms with Crippen molar-refractivity contribution in [1.29, 1.82) is 0 Å². The zero-order valence-electron chi connectivity index (χ0n) is 16.0. The molecule has 2 N–H and O–H groups in total. The van der Waals surface area contributed by atoms with Gasteiger partial charge in [-0.1, -0.05) is 54.6 Å². The van der Waals surface area contributed by atoms with Crippen molar-refractivity contribution in [3.8, 4) is 16.9 Å². The monoisotopic (exact) mass is 398 g/mol. The Labute approximate surface area is 173 Å². The molecule has 0 unspecified atom stereocenters. The minimum Gasteiger partial charge on any atom is -0.507 e. The van der Waals surface area contributed by atoms with Crippen molar-refractivity contribution in [2.45, 2.75) is 6.42 Å². The number of aromatic hydroxyl groups is 1. The van der Waals surface area contributed by atoms with Gasteiger partial charge in [0.05, 0.1) is 5.56 Å². The number of aromatic carboxylic acids is 1. The second-order valence-electron chi connectivity index (χ2n) is 7.05. The second kappa shape index (κ2) is 8.21. The highest BCUT2D eigenvalue weighted by molar-refractivity contribution is 5.93. The third kappa shape index (κ3) is 4.08. The van der Waals surface area contributed by atoms with Gasteiger partial charge in [0.25, 0.3) is 0 Å². The summed E-state index contributed by atoms with van der Waals surface area (Å²) in [6, 6.07) is 22.4. The Hall–Kier alpha value is -3.92. The largest absolute Gasteiger partial charge is 0.507 e. The first-order valence-electron chi connectivity index (χ1n) is 9.52. The summed E-state index contributed by atoms with van der Waals surface area (Å²) in [6.07, 6.45) is 4.27. The normalized spacial score (nSPS) is 11.2. The Morgan fingerprint density at radius 3 is 2.43 bits per heavy atom. The number of hydrogen-bond donors (Lipinski definition) is 2. The number of fused-ring (bicyclic) bond motifs is 1. The van der Waals surface area contributed by atoms with Crippen LogP contribution in [0.5, 0.6) is 5.75 Å². The van der Waals surface area contributed by atoms with Gasteiger partial charge in [0.2, 0.25) is 0 Å². The molecule has 0 aliphatic heterocycles. The number of carbonyl (C=O) groups is 1. The molecule has 4 heteroatoms. The van der Waals surface area contributed by atoms with E-state index in [0.717, 1.165) is 27.5 Å². The quantitative estimate of drug-likeness (QED) is 0.414. The molecule has 3 nitrogen and oxygen atoms in total. The van der Waals surface area contributed by atoms with Gasteiger partial charge in [-0.3, -0.25) is 0 Å². The van der Waals surface area contributed by atoms with Crippen molar-refractivity contribution in [2.75, 3.05) is 0 Å². The molecule has 4 aromatic rings. The molecule has 0 fully saturated rings. The minimum absolute atomic E-state index is 0.202. The van der Waals surface area contributed by atoms with E-state index < -0.39 is 5.97 Å². The topological polar surface area (TPSA) is 57.5 Å². The number of carboxylic acid groups (broad SMARTS) is 1. The molecule has 30 heavy (non-hydrogen) atoms. The van der Waals surface area contributed by atoms with E-state index in [1.54, 1.807) is 48.5 Å². The van der Waals surface area contributed by atoms with E-state index >= 15 is 0 Å². The molecule has 4 aromatic carbocycles. The van der Waals surface area contributed by atoms with Crippen molar-refractivity contribution in [1.82, 2.24) is 0 Å². The van der Waals surface area contributed by atoms with Gasteiger partial charge < -0.3 is 10.2 Å². The second-order valence-corrected chi connectivity index (χ2v) is 7.05. The van der Waals surface area contributed by atoms with Crippen LogP contribution in [0.4, 0.5) is 4.39 Å². The van der Waals surface area contributed by atoms with Crippen LogP contribution in [0.3, 0.4) is 0 Å². The van der Waals surface area contributed by atoms with Crippen LogP contribution in [0.2, 0.25) is 0 Å². The van der Waals surface area contributed by atoms with E-state index in [1.165, 1.54) is 12.1 Å². The van der Waals surface area contributed by atoms with Crippen LogP contribution in [0.25, 0.3) is 28.0 Å². The molecular weight excluding hydrogens is 379 g/mol. The molecule has 0 saturated carbocycles. The van der Waals surface area contributed by atoms with Crippen molar-refractivity contribution in [3.05, 3.63) is 107 Å². The molecule has 0 heterocycles. The standard InChI is InChI=1S/C26H19FO3/c27-22-12-9-18(10-13-22)20-11-14-23(26(29)30)21(16-20)5-1-3-17-7-8-19-4-2-6-25(28)24(19)15-17/h1-2,4-16,28H,3H2,(H,29,30)/b5-1+. The Bertz CT molecular complexity index is 1260. The Morgan fingerprint density at radius 1 is 0.900 bits per heavy atom. The number of carboxylic acids is 1. The van der Waals surface area contributed by atoms with Gasteiger partial charge in [0.1, 0.15) is 11.6 Å². The van der Waals surface area contributed by atoms with Gasteiger partial charge in [-0.15, -0.1) is 0 Å². The van der Waals surface area contributed by atoms with Crippen LogP contribution in [0.1, 0.15) is 21.5 Å². The van der Waals surface area contributed by atoms with Crippen LogP contribution >= 0.6 is 0 Å². The third-order valence-corrected chi connectivity index (χ3v) is 5.03. The van der Waals surface area contributed by atoms with Gasteiger partial charge in [0.15, 0.2) is 0 Å². The summed E-state index contributed by atoms with van der Waals surface area (Å²) < 4.78 is 13.2. The lowest BCUT2D eigenvalue weighted by Gasteiger charge is -2.07. The molecular formula is C26H19FO3. The predicted octanol–water partition coefficient (Wildman–Crippen LogP) is 6.31. The number of halogens is 1. The Kier molecular flexibility index (Phi) is 5.31. The average Bonchev–Trinajstić information content (AvgIpc) is 2.74. The van der Waals surface area contributed by atoms with Crippen LogP contribution in [0.15, 0.2) is 84.9 Å². The van der Waals surface area contributed by atoms with E-state index in [0.29, 0.717) is 12.0 Å². The molecule has 0 radical (unpaired) electrons. The number of benzene rings is 4. The first-order valence-corrected chi connectivity index (χ1v) is 9.52. The summed E-state index contributed by atoms with van der Waals surface area (Å²) >= 11 is 0. The minimum atomic E-state index is -1.00. The van der Waals surface area contributed by atoms with Crippen LogP contribution in [-0.2, 0) is 6.42 Å². The maximum Gasteiger partial charge on any atom is 0.336 e. The van der Waals surface area contributed by atoms with E-state index in [-0.39, 0.29) is 17.1 Å². The van der Waals surface area contributed by atoms with Gasteiger partial charge in [-0.05, 0) is 70.5 Å². The fourth-order valence-electron chi connectivity index (χ4n) is 3.47. The first-order chi connectivity index (χ1) is 14.5. The molecule has 0 spiro atoms. The van der Waals surface area contributed by atoms with Crippen LogP contribution < -0.4 is 0 Å². The van der Waals surface area contributed by atoms with Gasteiger partial charge >= 0.3 is 5.97 Å². The zero-order chi connectivity index (χ0) is 21.1. The summed E-state index contributed by atoms with van der Waals surface area (Å²) in [5.41, 5.74) is 3.41. The number of allylic oxidation sites excluding steroid dienone is 1. The number of hydrogen-bond acceptors (Lipinski definition) is 2. The molecule has 0 amide bonds. The van der Waals surface area contributed by atoms with Gasteiger partial charge in [-0.25, -0.2) is 9.18 Å². The maximum absolute atomic E-state index is 13.2. The molecule has 0 bridgehead atoms. The Morgan fingerprint density at radius 2 is 1.67 bits per heavy atom. The molecule has 0 aromatic heterocycles. The average molecular weight is 398 g/mol. The fourth-order valence-corrected chi connectivity index (χ4v) is 3.47. The van der Waals surface area contributed by atoms with Crippen molar-refractivity contribution in [3.63, 3.8) is 0 Å². The SMILES string of the molecule is O=C(O)c1ccc(-c2ccc(F)cc2)cc1/C=C/Cc1ccc2cccc(O)c2c1. The van der Waals surface area contributed by atoms with Crippen molar-refractivity contribution in [2.24, 2.45) is 0 Å². The number of phenols is 1. The highest BCUT2D eigenvalue weighted by Gasteiger charge is 2.10. The first kappa shape index (κ1) is 19.4. The smallest absolute Gasteiger partial charge is 0.336 e. The van der Waals surface area contributed by atoms with Crippen molar-refractivity contribution < 1.29 is 19.4 Å². The molecule has 0 atom stereocenters. The molecule has 0 saturated heterocycles. The lowest BCUT2D eigenvalue weighted by Crippen LogP contribution is -1.99. The zero-order valence-corrected chi connectivity index (χ0v) is 16.0. The van der Waals surface area contributed by atoms with Crippen molar-refractivity contribution >= 4 is 22.8 Å². The number of phenolic OH excluding ortho intramolecular Hbond substituents is 1. The van der Waals surface area contributed by atoms with Crippen LogP contribution in [0, 0.1) is 5.82 Å². The highest BCUT2D eigenvalue weighted by Crippen LogP contribution is 2.26. The maximum atomic E-state index is 13.2. The predicted molar refractivity (Wildman–Crippen MR) is 117 cm³/mol. The molecule has 148 valence electrons. The summed E-state index contributed by atoms with van der Waals surface area (Å²) in [4.78, 5) is 11.6. The lowest BCUT2D eigenvalue weighted by atomic mass is 9.98. The summed E-state index contributed by atoms with van der Waals surface area (Å²) in [7, 11) is 0. The third-order valence-electron chi connectivity index (χ3n) is 5.03. The van der Waals surface area contributed by atoms with E-state index in [9.17, 15) is 19.4 Å². The van der Waals surface area contributed by atoms with E-state index in [4.69, 9.17) is 0 Å². The van der Waals surface area contributed by atoms with Crippen LogP contribution in [-0.4, -0.2) is 16.2 Å². The van der Waals surface area contributed by atoms with Gasteiger partial charge in [-0.2, -0.15) is 0 Å². The summed E-state index contributed by atoms with van der Waals surface area (Å²) in [6.45, 7) is 0. The van der Waals surface area contributed by atoms with E-state index in [2.05, 4.69) is 0 Å².